The highest BCUT2D eigenvalue weighted by Crippen LogP contribution is 2.34. The summed E-state index contributed by atoms with van der Waals surface area (Å²) in [5.41, 5.74) is 3.17. The number of ether oxygens (including phenoxy) is 1. The van der Waals surface area contributed by atoms with Gasteiger partial charge in [0.05, 0.1) is 18.4 Å². The van der Waals surface area contributed by atoms with Gasteiger partial charge in [-0.05, 0) is 31.9 Å². The van der Waals surface area contributed by atoms with Gasteiger partial charge in [-0.2, -0.15) is 5.10 Å². The minimum absolute atomic E-state index is 0.0443. The van der Waals surface area contributed by atoms with E-state index < -0.39 is 6.10 Å². The Balaban J connectivity index is 1.80. The highest BCUT2D eigenvalue weighted by atomic mass is 16.5. The summed E-state index contributed by atoms with van der Waals surface area (Å²) >= 11 is 0. The van der Waals surface area contributed by atoms with Crippen molar-refractivity contribution in [2.45, 2.75) is 52.3 Å². The van der Waals surface area contributed by atoms with Crippen LogP contribution in [0.4, 0.5) is 5.69 Å². The molecule has 6 heteroatoms. The van der Waals surface area contributed by atoms with Crippen molar-refractivity contribution < 1.29 is 9.53 Å². The van der Waals surface area contributed by atoms with Gasteiger partial charge < -0.3 is 15.0 Å². The number of hydrogen-bond donors (Lipinski definition) is 2. The van der Waals surface area contributed by atoms with E-state index in [2.05, 4.69) is 34.3 Å². The van der Waals surface area contributed by atoms with Crippen LogP contribution in [0.1, 0.15) is 37.9 Å². The number of carbonyl (C=O) groups is 1. The lowest BCUT2D eigenvalue weighted by Gasteiger charge is -2.36. The van der Waals surface area contributed by atoms with E-state index in [9.17, 15) is 4.79 Å². The molecule has 0 aliphatic carbocycles. The SMILES string of the molecule is CCC(CC)NC(=O)[C@H]1CN(Cc2cn[nH]c2C)c2ccccc2O1. The van der Waals surface area contributed by atoms with Gasteiger partial charge in [0.25, 0.3) is 5.91 Å². The van der Waals surface area contributed by atoms with E-state index in [1.807, 2.05) is 37.4 Å². The lowest BCUT2D eigenvalue weighted by atomic mass is 10.1. The Morgan fingerprint density at radius 3 is 2.84 bits per heavy atom. The molecular weight excluding hydrogens is 316 g/mol. The third kappa shape index (κ3) is 3.78. The molecule has 134 valence electrons. The summed E-state index contributed by atoms with van der Waals surface area (Å²) in [5.74, 6) is 0.705. The first-order valence-corrected chi connectivity index (χ1v) is 8.92. The average Bonchev–Trinajstić information content (AvgIpc) is 3.04. The first-order valence-electron chi connectivity index (χ1n) is 8.92. The third-order valence-corrected chi connectivity index (χ3v) is 4.78. The Hall–Kier alpha value is -2.50. The number of H-pyrrole nitrogens is 1. The van der Waals surface area contributed by atoms with Crippen LogP contribution in [-0.2, 0) is 11.3 Å². The van der Waals surface area contributed by atoms with E-state index in [1.54, 1.807) is 0 Å². The summed E-state index contributed by atoms with van der Waals surface area (Å²) in [4.78, 5) is 14.9. The third-order valence-electron chi connectivity index (χ3n) is 4.78. The number of amides is 1. The fourth-order valence-electron chi connectivity index (χ4n) is 3.12. The van der Waals surface area contributed by atoms with Gasteiger partial charge in [0.1, 0.15) is 5.75 Å². The number of aromatic nitrogens is 2. The van der Waals surface area contributed by atoms with Gasteiger partial charge in [0, 0.05) is 23.8 Å². The first kappa shape index (κ1) is 17.3. The number of aryl methyl sites for hydroxylation is 1. The van der Waals surface area contributed by atoms with Crippen molar-refractivity contribution >= 4 is 11.6 Å². The standard InChI is InChI=1S/C19H26N4O2/c1-4-15(5-2)21-19(24)18-12-23(11-14-10-20-22-13(14)3)16-8-6-7-9-17(16)25-18/h6-10,15,18H,4-5,11-12H2,1-3H3,(H,20,22)(H,21,24)/t18-/m1/s1. The largest absolute Gasteiger partial charge is 0.477 e. The van der Waals surface area contributed by atoms with Gasteiger partial charge in [0.2, 0.25) is 0 Å². The van der Waals surface area contributed by atoms with Gasteiger partial charge in [-0.3, -0.25) is 9.89 Å². The van der Waals surface area contributed by atoms with Crippen molar-refractivity contribution in [2.75, 3.05) is 11.4 Å². The summed E-state index contributed by atoms with van der Waals surface area (Å²) in [6.45, 7) is 7.38. The van der Waals surface area contributed by atoms with Crippen LogP contribution in [0.25, 0.3) is 0 Å². The predicted octanol–water partition coefficient (Wildman–Crippen LogP) is 2.79. The average molecular weight is 342 g/mol. The van der Waals surface area contributed by atoms with Crippen molar-refractivity contribution in [1.29, 1.82) is 0 Å². The molecule has 0 saturated heterocycles. The minimum atomic E-state index is -0.511. The predicted molar refractivity (Wildman–Crippen MR) is 97.7 cm³/mol. The topological polar surface area (TPSA) is 70.2 Å². The highest BCUT2D eigenvalue weighted by Gasteiger charge is 2.31. The molecule has 0 fully saturated rings. The number of benzene rings is 1. The molecular formula is C19H26N4O2. The van der Waals surface area contributed by atoms with E-state index >= 15 is 0 Å². The Labute approximate surface area is 148 Å². The highest BCUT2D eigenvalue weighted by molar-refractivity contribution is 5.83. The lowest BCUT2D eigenvalue weighted by molar-refractivity contribution is -0.128. The maximum absolute atomic E-state index is 12.7. The number of carbonyl (C=O) groups excluding carboxylic acids is 1. The Morgan fingerprint density at radius 1 is 1.40 bits per heavy atom. The molecule has 1 aromatic heterocycles. The van der Waals surface area contributed by atoms with Gasteiger partial charge in [-0.1, -0.05) is 26.0 Å². The van der Waals surface area contributed by atoms with Crippen molar-refractivity contribution in [3.63, 3.8) is 0 Å². The molecule has 1 aromatic carbocycles. The van der Waals surface area contributed by atoms with Crippen molar-refractivity contribution in [2.24, 2.45) is 0 Å². The second-order valence-corrected chi connectivity index (χ2v) is 6.50. The lowest BCUT2D eigenvalue weighted by Crippen LogP contribution is -2.51. The van der Waals surface area contributed by atoms with Crippen molar-refractivity contribution in [3.05, 3.63) is 41.7 Å². The summed E-state index contributed by atoms with van der Waals surface area (Å²) in [6, 6.07) is 8.06. The molecule has 1 amide bonds. The monoisotopic (exact) mass is 342 g/mol. The molecule has 0 saturated carbocycles. The summed E-state index contributed by atoms with van der Waals surface area (Å²) in [7, 11) is 0. The minimum Gasteiger partial charge on any atom is -0.477 e. The molecule has 1 aliphatic heterocycles. The number of rotatable bonds is 6. The molecule has 6 nitrogen and oxygen atoms in total. The van der Waals surface area contributed by atoms with Crippen LogP contribution in [0.2, 0.25) is 0 Å². The Kier molecular flexibility index (Phi) is 5.26. The molecule has 0 bridgehead atoms. The van der Waals surface area contributed by atoms with Crippen LogP contribution in [0, 0.1) is 6.92 Å². The zero-order valence-corrected chi connectivity index (χ0v) is 15.1. The second kappa shape index (κ2) is 7.59. The normalized spacial score (nSPS) is 16.5. The molecule has 2 N–H and O–H groups in total. The molecule has 0 unspecified atom stereocenters. The van der Waals surface area contributed by atoms with Gasteiger partial charge >= 0.3 is 0 Å². The number of nitrogens with zero attached hydrogens (tertiary/aromatic N) is 2. The maximum atomic E-state index is 12.7. The van der Waals surface area contributed by atoms with Crippen LogP contribution in [-0.4, -0.2) is 34.8 Å². The van der Waals surface area contributed by atoms with E-state index in [1.165, 1.54) is 0 Å². The smallest absolute Gasteiger partial charge is 0.263 e. The maximum Gasteiger partial charge on any atom is 0.263 e. The molecule has 0 spiro atoms. The number of fused-ring (bicyclic) bond motifs is 1. The van der Waals surface area contributed by atoms with Crippen LogP contribution < -0.4 is 15.0 Å². The van der Waals surface area contributed by atoms with E-state index in [4.69, 9.17) is 4.74 Å². The molecule has 2 heterocycles. The molecule has 3 rings (SSSR count). The first-order chi connectivity index (χ1) is 12.1. The van der Waals surface area contributed by atoms with Gasteiger partial charge in [-0.15, -0.1) is 0 Å². The molecule has 0 radical (unpaired) electrons. The molecule has 1 aliphatic rings. The number of para-hydroxylation sites is 2. The number of hydrogen-bond acceptors (Lipinski definition) is 4. The quantitative estimate of drug-likeness (QED) is 0.847. The van der Waals surface area contributed by atoms with E-state index in [0.717, 1.165) is 35.5 Å². The summed E-state index contributed by atoms with van der Waals surface area (Å²) in [5, 5.41) is 10.2. The zero-order valence-electron chi connectivity index (χ0n) is 15.1. The summed E-state index contributed by atoms with van der Waals surface area (Å²) < 4.78 is 5.99. The fraction of sp³-hybridized carbons (Fsp3) is 0.474. The molecule has 1 atom stereocenters. The van der Waals surface area contributed by atoms with E-state index in [0.29, 0.717) is 13.1 Å². The van der Waals surface area contributed by atoms with Crippen LogP contribution >= 0.6 is 0 Å². The van der Waals surface area contributed by atoms with Crippen LogP contribution in [0.3, 0.4) is 0 Å². The van der Waals surface area contributed by atoms with E-state index in [-0.39, 0.29) is 11.9 Å². The number of nitrogens with one attached hydrogen (secondary N) is 2. The number of aromatic amines is 1. The second-order valence-electron chi connectivity index (χ2n) is 6.50. The van der Waals surface area contributed by atoms with Gasteiger partial charge in [-0.25, -0.2) is 0 Å². The van der Waals surface area contributed by atoms with Gasteiger partial charge in [0.15, 0.2) is 6.10 Å². The molecule has 25 heavy (non-hydrogen) atoms. The van der Waals surface area contributed by atoms with Crippen molar-refractivity contribution in [1.82, 2.24) is 15.5 Å². The Morgan fingerprint density at radius 2 is 2.16 bits per heavy atom. The number of anilines is 1. The Bertz CT molecular complexity index is 724. The van der Waals surface area contributed by atoms with Crippen LogP contribution in [0.15, 0.2) is 30.5 Å². The van der Waals surface area contributed by atoms with Crippen molar-refractivity contribution in [3.8, 4) is 5.75 Å². The fourth-order valence-corrected chi connectivity index (χ4v) is 3.12. The van der Waals surface area contributed by atoms with Crippen LogP contribution in [0.5, 0.6) is 5.75 Å². The molecule has 2 aromatic rings. The zero-order chi connectivity index (χ0) is 17.8. The summed E-state index contributed by atoms with van der Waals surface area (Å²) in [6.07, 6.45) is 3.17.